The molecule has 8 nitrogen and oxygen atoms in total. The number of nitrogens with zero attached hydrogens (tertiary/aromatic N) is 3. The van der Waals surface area contributed by atoms with E-state index in [4.69, 9.17) is 4.74 Å². The number of amides is 2. The third-order valence-electron chi connectivity index (χ3n) is 4.51. The second-order valence-corrected chi connectivity index (χ2v) is 8.33. The van der Waals surface area contributed by atoms with Crippen LogP contribution in [0.25, 0.3) is 0 Å². The van der Waals surface area contributed by atoms with E-state index in [9.17, 15) is 22.4 Å². The van der Waals surface area contributed by atoms with Crippen LogP contribution >= 0.6 is 0 Å². The highest BCUT2D eigenvalue weighted by Gasteiger charge is 2.35. The van der Waals surface area contributed by atoms with Crippen LogP contribution in [0.3, 0.4) is 0 Å². The molecule has 2 amide bonds. The van der Waals surface area contributed by atoms with E-state index in [-0.39, 0.29) is 37.7 Å². The molecule has 156 valence electrons. The van der Waals surface area contributed by atoms with Crippen molar-refractivity contribution in [2.45, 2.75) is 26.3 Å². The lowest BCUT2D eigenvalue weighted by molar-refractivity contribution is -0.134. The summed E-state index contributed by atoms with van der Waals surface area (Å²) >= 11 is 0. The summed E-state index contributed by atoms with van der Waals surface area (Å²) in [6, 6.07) is 4.04. The van der Waals surface area contributed by atoms with Crippen LogP contribution in [-0.2, 0) is 19.6 Å². The minimum atomic E-state index is -3.78. The molecule has 0 radical (unpaired) electrons. The summed E-state index contributed by atoms with van der Waals surface area (Å²) in [7, 11) is -3.78. The van der Waals surface area contributed by atoms with Gasteiger partial charge in [0.2, 0.25) is 15.9 Å². The molecule has 1 saturated heterocycles. The molecule has 0 aliphatic carbocycles. The number of hydrogen-bond donors (Lipinski definition) is 0. The monoisotopic (exact) mass is 415 g/mol. The fraction of sp³-hybridized carbons (Fsp3) is 0.556. The molecule has 0 bridgehead atoms. The van der Waals surface area contributed by atoms with E-state index < -0.39 is 28.0 Å². The number of benzene rings is 1. The van der Waals surface area contributed by atoms with E-state index in [0.29, 0.717) is 13.1 Å². The first-order valence-electron chi connectivity index (χ1n) is 9.14. The maximum absolute atomic E-state index is 13.3. The molecule has 2 rings (SSSR count). The molecule has 1 fully saturated rings. The number of carbonyl (C=O) groups is 2. The molecule has 1 aromatic carbocycles. The van der Waals surface area contributed by atoms with Gasteiger partial charge in [0.15, 0.2) is 0 Å². The SMILES string of the molecule is CCOC(=O)N1CCN(C(=O)[C@H](CC)N(c2ccc(F)cc2)S(C)(=O)=O)CC1. The lowest BCUT2D eigenvalue weighted by Crippen LogP contribution is -2.56. The Hall–Kier alpha value is -2.36. The fourth-order valence-corrected chi connectivity index (χ4v) is 4.37. The highest BCUT2D eigenvalue weighted by atomic mass is 32.2. The molecular formula is C18H26FN3O5S. The van der Waals surface area contributed by atoms with Gasteiger partial charge in [-0.15, -0.1) is 0 Å². The van der Waals surface area contributed by atoms with Crippen LogP contribution in [0.4, 0.5) is 14.9 Å². The number of anilines is 1. The maximum Gasteiger partial charge on any atom is 0.409 e. The van der Waals surface area contributed by atoms with Crippen molar-refractivity contribution in [3.63, 3.8) is 0 Å². The highest BCUT2D eigenvalue weighted by molar-refractivity contribution is 7.92. The maximum atomic E-state index is 13.3. The van der Waals surface area contributed by atoms with Crippen molar-refractivity contribution in [3.05, 3.63) is 30.1 Å². The van der Waals surface area contributed by atoms with Crippen LogP contribution < -0.4 is 4.31 Å². The molecule has 0 unspecified atom stereocenters. The van der Waals surface area contributed by atoms with Gasteiger partial charge < -0.3 is 14.5 Å². The van der Waals surface area contributed by atoms with Crippen molar-refractivity contribution in [2.75, 3.05) is 43.3 Å². The Labute approximate surface area is 164 Å². The van der Waals surface area contributed by atoms with Crippen molar-refractivity contribution in [2.24, 2.45) is 0 Å². The van der Waals surface area contributed by atoms with E-state index >= 15 is 0 Å². The van der Waals surface area contributed by atoms with Gasteiger partial charge in [-0.1, -0.05) is 6.92 Å². The Kier molecular flexibility index (Phi) is 7.22. The number of sulfonamides is 1. The molecule has 1 heterocycles. The number of rotatable bonds is 6. The largest absolute Gasteiger partial charge is 0.450 e. The van der Waals surface area contributed by atoms with Crippen molar-refractivity contribution >= 4 is 27.7 Å². The smallest absolute Gasteiger partial charge is 0.409 e. The molecular weight excluding hydrogens is 389 g/mol. The molecule has 0 saturated carbocycles. The van der Waals surface area contributed by atoms with Crippen LogP contribution in [0.5, 0.6) is 0 Å². The molecule has 1 aliphatic rings. The Bertz CT molecular complexity index is 792. The summed E-state index contributed by atoms with van der Waals surface area (Å²) in [5, 5.41) is 0. The molecule has 28 heavy (non-hydrogen) atoms. The number of piperazine rings is 1. The van der Waals surface area contributed by atoms with Gasteiger partial charge in [0.05, 0.1) is 18.6 Å². The Morgan fingerprint density at radius 2 is 1.64 bits per heavy atom. The van der Waals surface area contributed by atoms with Crippen LogP contribution in [0.15, 0.2) is 24.3 Å². The zero-order chi connectivity index (χ0) is 20.9. The number of ether oxygens (including phenoxy) is 1. The van der Waals surface area contributed by atoms with Crippen molar-refractivity contribution in [3.8, 4) is 0 Å². The first-order valence-corrected chi connectivity index (χ1v) is 11.0. The molecule has 0 N–H and O–H groups in total. The summed E-state index contributed by atoms with van der Waals surface area (Å²) in [6.45, 7) is 4.92. The predicted octanol–water partition coefficient (Wildman–Crippen LogP) is 1.67. The number of carbonyl (C=O) groups excluding carboxylic acids is 2. The quantitative estimate of drug-likeness (QED) is 0.705. The van der Waals surface area contributed by atoms with Gasteiger partial charge in [-0.2, -0.15) is 0 Å². The summed E-state index contributed by atoms with van der Waals surface area (Å²) in [6.07, 6.45) is 0.845. The van der Waals surface area contributed by atoms with E-state index in [1.165, 1.54) is 17.0 Å². The normalized spacial score (nSPS) is 15.9. The standard InChI is InChI=1S/C18H26FN3O5S/c1-4-16(22(28(3,25)26)15-8-6-14(19)7-9-15)17(23)20-10-12-21(13-11-20)18(24)27-5-2/h6-9,16H,4-5,10-13H2,1-3H3/t16-/m0/s1. The molecule has 0 aromatic heterocycles. The predicted molar refractivity (Wildman–Crippen MR) is 103 cm³/mol. The minimum absolute atomic E-state index is 0.231. The average Bonchev–Trinajstić information content (AvgIpc) is 2.66. The Morgan fingerprint density at radius 1 is 1.11 bits per heavy atom. The van der Waals surface area contributed by atoms with Gasteiger partial charge in [0.1, 0.15) is 11.9 Å². The first-order chi connectivity index (χ1) is 13.2. The average molecular weight is 415 g/mol. The van der Waals surface area contributed by atoms with Gasteiger partial charge in [0, 0.05) is 26.2 Å². The van der Waals surface area contributed by atoms with Gasteiger partial charge in [0.25, 0.3) is 0 Å². The zero-order valence-electron chi connectivity index (χ0n) is 16.3. The van der Waals surface area contributed by atoms with Gasteiger partial charge in [-0.3, -0.25) is 9.10 Å². The zero-order valence-corrected chi connectivity index (χ0v) is 17.1. The summed E-state index contributed by atoms with van der Waals surface area (Å²) < 4.78 is 44.1. The summed E-state index contributed by atoms with van der Waals surface area (Å²) in [5.74, 6) is -0.840. The highest BCUT2D eigenvalue weighted by Crippen LogP contribution is 2.24. The summed E-state index contributed by atoms with van der Waals surface area (Å²) in [5.41, 5.74) is 0.231. The second kappa shape index (κ2) is 9.22. The second-order valence-electron chi connectivity index (χ2n) is 6.47. The number of halogens is 1. The molecule has 1 aromatic rings. The molecule has 1 aliphatic heterocycles. The van der Waals surface area contributed by atoms with E-state index in [0.717, 1.165) is 22.7 Å². The van der Waals surface area contributed by atoms with Crippen molar-refractivity contribution in [1.29, 1.82) is 0 Å². The lowest BCUT2D eigenvalue weighted by Gasteiger charge is -2.38. The van der Waals surface area contributed by atoms with Gasteiger partial charge in [-0.25, -0.2) is 17.6 Å². The van der Waals surface area contributed by atoms with Crippen LogP contribution in [0, 0.1) is 5.82 Å². The number of hydrogen-bond acceptors (Lipinski definition) is 5. The third-order valence-corrected chi connectivity index (χ3v) is 5.69. The molecule has 0 spiro atoms. The fourth-order valence-electron chi connectivity index (χ4n) is 3.17. The van der Waals surface area contributed by atoms with E-state index in [1.807, 2.05) is 0 Å². The van der Waals surface area contributed by atoms with Crippen LogP contribution in [-0.4, -0.2) is 75.3 Å². The van der Waals surface area contributed by atoms with Crippen LogP contribution in [0.2, 0.25) is 0 Å². The minimum Gasteiger partial charge on any atom is -0.450 e. The Balaban J connectivity index is 2.19. The van der Waals surface area contributed by atoms with Gasteiger partial charge >= 0.3 is 6.09 Å². The molecule has 1 atom stereocenters. The van der Waals surface area contributed by atoms with Crippen LogP contribution in [0.1, 0.15) is 20.3 Å². The molecule has 10 heteroatoms. The van der Waals surface area contributed by atoms with Gasteiger partial charge in [-0.05, 0) is 37.6 Å². The Morgan fingerprint density at radius 3 is 2.11 bits per heavy atom. The topological polar surface area (TPSA) is 87.2 Å². The summed E-state index contributed by atoms with van der Waals surface area (Å²) in [4.78, 5) is 27.9. The van der Waals surface area contributed by atoms with E-state index in [2.05, 4.69) is 0 Å². The van der Waals surface area contributed by atoms with Crippen molar-refractivity contribution < 1.29 is 27.1 Å². The van der Waals surface area contributed by atoms with Crippen molar-refractivity contribution in [1.82, 2.24) is 9.80 Å². The lowest BCUT2D eigenvalue weighted by atomic mass is 10.1. The van der Waals surface area contributed by atoms with E-state index in [1.54, 1.807) is 18.7 Å². The first kappa shape index (κ1) is 21.9. The third kappa shape index (κ3) is 5.12.